The average molecular weight is 263 g/mol. The molecule has 2 rings (SSSR count). The Morgan fingerprint density at radius 1 is 1.39 bits per heavy atom. The van der Waals surface area contributed by atoms with Crippen LogP contribution in [0, 0.1) is 0 Å². The van der Waals surface area contributed by atoms with Crippen LogP contribution in [0.1, 0.15) is 31.9 Å². The SMILES string of the molecule is CC(C)(C)c1cc(C=C2NC(=O)CS2)ccc1O. The van der Waals surface area contributed by atoms with Gasteiger partial charge in [-0.05, 0) is 34.8 Å². The van der Waals surface area contributed by atoms with Gasteiger partial charge in [-0.3, -0.25) is 4.79 Å². The molecule has 96 valence electrons. The van der Waals surface area contributed by atoms with Crippen molar-refractivity contribution in [2.45, 2.75) is 26.2 Å². The molecular weight excluding hydrogens is 246 g/mol. The maximum absolute atomic E-state index is 11.1. The Labute approximate surface area is 111 Å². The summed E-state index contributed by atoms with van der Waals surface area (Å²) in [7, 11) is 0. The largest absolute Gasteiger partial charge is 0.508 e. The lowest BCUT2D eigenvalue weighted by Gasteiger charge is -2.20. The average Bonchev–Trinajstić information content (AvgIpc) is 2.65. The van der Waals surface area contributed by atoms with Gasteiger partial charge in [0.25, 0.3) is 0 Å². The van der Waals surface area contributed by atoms with Crippen LogP contribution in [-0.2, 0) is 10.2 Å². The Morgan fingerprint density at radius 2 is 2.11 bits per heavy atom. The number of phenols is 1. The first kappa shape index (κ1) is 13.0. The molecule has 0 radical (unpaired) electrons. The maximum atomic E-state index is 11.1. The molecule has 18 heavy (non-hydrogen) atoms. The van der Waals surface area contributed by atoms with Gasteiger partial charge in [0.15, 0.2) is 0 Å². The Balaban J connectivity index is 2.33. The van der Waals surface area contributed by atoms with Crippen LogP contribution in [0.4, 0.5) is 0 Å². The van der Waals surface area contributed by atoms with Crippen molar-refractivity contribution >= 4 is 23.7 Å². The molecule has 1 aromatic carbocycles. The molecule has 1 fully saturated rings. The smallest absolute Gasteiger partial charge is 0.235 e. The van der Waals surface area contributed by atoms with Crippen LogP contribution in [0.15, 0.2) is 23.2 Å². The van der Waals surface area contributed by atoms with E-state index in [-0.39, 0.29) is 11.3 Å². The molecule has 0 aliphatic carbocycles. The molecular formula is C14H17NO2S. The van der Waals surface area contributed by atoms with Crippen molar-refractivity contribution in [3.63, 3.8) is 0 Å². The number of carbonyl (C=O) groups is 1. The molecule has 1 aliphatic heterocycles. The van der Waals surface area contributed by atoms with Crippen molar-refractivity contribution in [3.8, 4) is 5.75 Å². The highest BCUT2D eigenvalue weighted by molar-refractivity contribution is 8.04. The van der Waals surface area contributed by atoms with Crippen LogP contribution in [0.2, 0.25) is 0 Å². The third-order valence-electron chi connectivity index (χ3n) is 2.75. The van der Waals surface area contributed by atoms with E-state index in [1.807, 2.05) is 18.2 Å². The van der Waals surface area contributed by atoms with Crippen molar-refractivity contribution in [2.24, 2.45) is 0 Å². The van der Waals surface area contributed by atoms with Crippen molar-refractivity contribution in [1.82, 2.24) is 5.32 Å². The molecule has 0 atom stereocenters. The zero-order valence-electron chi connectivity index (χ0n) is 10.8. The molecule has 0 spiro atoms. The van der Waals surface area contributed by atoms with E-state index in [0.29, 0.717) is 11.5 Å². The molecule has 1 aliphatic rings. The minimum absolute atomic E-state index is 0.0427. The summed E-state index contributed by atoms with van der Waals surface area (Å²) in [4.78, 5) is 11.1. The summed E-state index contributed by atoms with van der Waals surface area (Å²) in [5, 5.41) is 13.5. The fraction of sp³-hybridized carbons (Fsp3) is 0.357. The van der Waals surface area contributed by atoms with Crippen LogP contribution < -0.4 is 5.32 Å². The highest BCUT2D eigenvalue weighted by Gasteiger charge is 2.19. The van der Waals surface area contributed by atoms with Crippen LogP contribution >= 0.6 is 11.8 Å². The van der Waals surface area contributed by atoms with Gasteiger partial charge in [-0.1, -0.05) is 38.6 Å². The molecule has 1 saturated heterocycles. The fourth-order valence-electron chi connectivity index (χ4n) is 1.83. The summed E-state index contributed by atoms with van der Waals surface area (Å²) >= 11 is 1.50. The van der Waals surface area contributed by atoms with Gasteiger partial charge in [0.05, 0.1) is 10.8 Å². The van der Waals surface area contributed by atoms with E-state index in [9.17, 15) is 9.90 Å². The first-order valence-corrected chi connectivity index (χ1v) is 6.83. The Kier molecular flexibility index (Phi) is 3.39. The Bertz CT molecular complexity index is 515. The van der Waals surface area contributed by atoms with E-state index < -0.39 is 0 Å². The number of nitrogens with one attached hydrogen (secondary N) is 1. The first-order chi connectivity index (χ1) is 8.36. The number of rotatable bonds is 1. The van der Waals surface area contributed by atoms with Gasteiger partial charge >= 0.3 is 0 Å². The van der Waals surface area contributed by atoms with E-state index in [1.165, 1.54) is 11.8 Å². The molecule has 4 heteroatoms. The summed E-state index contributed by atoms with van der Waals surface area (Å²) in [6.07, 6.45) is 1.93. The Morgan fingerprint density at radius 3 is 2.67 bits per heavy atom. The van der Waals surface area contributed by atoms with E-state index in [0.717, 1.165) is 16.2 Å². The standard InChI is InChI=1S/C14H17NO2S/c1-14(2,3)10-6-9(4-5-11(10)16)7-13-15-12(17)8-18-13/h4-7,16H,8H2,1-3H3,(H,15,17). The van der Waals surface area contributed by atoms with Gasteiger partial charge in [0, 0.05) is 0 Å². The van der Waals surface area contributed by atoms with Crippen molar-refractivity contribution in [3.05, 3.63) is 34.4 Å². The third kappa shape index (κ3) is 2.88. The Hall–Kier alpha value is -1.42. The van der Waals surface area contributed by atoms with Crippen LogP contribution in [0.5, 0.6) is 5.75 Å². The van der Waals surface area contributed by atoms with Gasteiger partial charge < -0.3 is 10.4 Å². The lowest BCUT2D eigenvalue weighted by atomic mass is 9.85. The zero-order chi connectivity index (χ0) is 13.3. The highest BCUT2D eigenvalue weighted by Crippen LogP contribution is 2.32. The lowest BCUT2D eigenvalue weighted by Crippen LogP contribution is -2.14. The normalized spacial score (nSPS) is 18.2. The molecule has 1 heterocycles. The predicted molar refractivity (Wildman–Crippen MR) is 75.4 cm³/mol. The van der Waals surface area contributed by atoms with Crippen molar-refractivity contribution in [2.75, 3.05) is 5.75 Å². The molecule has 2 N–H and O–H groups in total. The number of hydrogen-bond donors (Lipinski definition) is 2. The third-order valence-corrected chi connectivity index (χ3v) is 3.69. The van der Waals surface area contributed by atoms with E-state index in [4.69, 9.17) is 0 Å². The summed E-state index contributed by atoms with van der Waals surface area (Å²) in [6, 6.07) is 5.52. The molecule has 1 aromatic rings. The fourth-order valence-corrected chi connectivity index (χ4v) is 2.59. The summed E-state index contributed by atoms with van der Waals surface area (Å²) < 4.78 is 0. The predicted octanol–water partition coefficient (Wildman–Crippen LogP) is 2.85. The second kappa shape index (κ2) is 4.69. The van der Waals surface area contributed by atoms with Gasteiger partial charge in [-0.25, -0.2) is 0 Å². The molecule has 3 nitrogen and oxygen atoms in total. The minimum atomic E-state index is -0.106. The lowest BCUT2D eigenvalue weighted by molar-refractivity contribution is -0.117. The van der Waals surface area contributed by atoms with Crippen LogP contribution in [-0.4, -0.2) is 16.8 Å². The molecule has 0 aromatic heterocycles. The number of carbonyl (C=O) groups excluding carboxylic acids is 1. The summed E-state index contributed by atoms with van der Waals surface area (Å²) in [5.41, 5.74) is 1.79. The maximum Gasteiger partial charge on any atom is 0.235 e. The zero-order valence-corrected chi connectivity index (χ0v) is 11.6. The van der Waals surface area contributed by atoms with Crippen LogP contribution in [0.3, 0.4) is 0 Å². The van der Waals surface area contributed by atoms with Gasteiger partial charge in [-0.2, -0.15) is 0 Å². The molecule has 0 saturated carbocycles. The number of amides is 1. The van der Waals surface area contributed by atoms with Gasteiger partial charge in [0.1, 0.15) is 5.75 Å². The number of thioether (sulfide) groups is 1. The van der Waals surface area contributed by atoms with Crippen LogP contribution in [0.25, 0.3) is 6.08 Å². The molecule has 0 unspecified atom stereocenters. The van der Waals surface area contributed by atoms with E-state index in [1.54, 1.807) is 6.07 Å². The van der Waals surface area contributed by atoms with E-state index >= 15 is 0 Å². The van der Waals surface area contributed by atoms with Gasteiger partial charge in [-0.15, -0.1) is 0 Å². The first-order valence-electron chi connectivity index (χ1n) is 5.84. The highest BCUT2D eigenvalue weighted by atomic mass is 32.2. The number of hydrogen-bond acceptors (Lipinski definition) is 3. The molecule has 1 amide bonds. The number of aromatic hydroxyl groups is 1. The minimum Gasteiger partial charge on any atom is -0.508 e. The quantitative estimate of drug-likeness (QED) is 0.819. The monoisotopic (exact) mass is 263 g/mol. The number of phenolic OH excluding ortho intramolecular Hbond substituents is 1. The summed E-state index contributed by atoms with van der Waals surface area (Å²) in [5.74, 6) is 0.838. The topological polar surface area (TPSA) is 49.3 Å². The van der Waals surface area contributed by atoms with Crippen molar-refractivity contribution < 1.29 is 9.90 Å². The second-order valence-corrected chi connectivity index (χ2v) is 6.39. The second-order valence-electron chi connectivity index (χ2n) is 5.37. The summed E-state index contributed by atoms with van der Waals surface area (Å²) in [6.45, 7) is 6.18. The van der Waals surface area contributed by atoms with E-state index in [2.05, 4.69) is 26.1 Å². The van der Waals surface area contributed by atoms with Crippen molar-refractivity contribution in [1.29, 1.82) is 0 Å². The van der Waals surface area contributed by atoms with Gasteiger partial charge in [0.2, 0.25) is 5.91 Å². The molecule has 0 bridgehead atoms. The number of benzene rings is 1.